The molecule has 0 unspecified atom stereocenters. The van der Waals surface area contributed by atoms with Crippen molar-refractivity contribution in [2.45, 2.75) is 39.5 Å². The Kier molecular flexibility index (Phi) is 5.84. The largest absolute Gasteiger partial charge is 0.342 e. The van der Waals surface area contributed by atoms with Crippen molar-refractivity contribution in [2.75, 3.05) is 18.4 Å². The third-order valence-electron chi connectivity index (χ3n) is 7.77. The number of hydrogen-bond donors (Lipinski definition) is 1. The molecular formula is C28H31N5O2. The van der Waals surface area contributed by atoms with Crippen molar-refractivity contribution in [3.8, 4) is 6.07 Å². The van der Waals surface area contributed by atoms with E-state index >= 15 is 0 Å². The summed E-state index contributed by atoms with van der Waals surface area (Å²) in [5.41, 5.74) is 4.75. The van der Waals surface area contributed by atoms with Crippen LogP contribution in [-0.4, -0.2) is 39.4 Å². The number of hydrogen-bond acceptors (Lipinski definition) is 4. The van der Waals surface area contributed by atoms with Gasteiger partial charge in [-0.05, 0) is 66.8 Å². The Labute approximate surface area is 205 Å². The van der Waals surface area contributed by atoms with Crippen molar-refractivity contribution in [3.05, 3.63) is 58.9 Å². The number of piperidine rings is 1. The number of benzene rings is 1. The van der Waals surface area contributed by atoms with E-state index in [-0.39, 0.29) is 17.7 Å². The van der Waals surface area contributed by atoms with Crippen molar-refractivity contribution >= 4 is 28.5 Å². The standard InChI is InChI=1S/C28H31N5O2/c1-16(2)28(35)33-13-20-8-9-21(14-33)25(20)22-15-32(4)26-24(22)17(3)23(12-30-26)31-27(34)19-7-5-6-18(10-19)11-29/h5-7,10,12,15-16,20-21,25H,8-9,13-14H2,1-4H3,(H,31,34)/t20-,21+,25-. The summed E-state index contributed by atoms with van der Waals surface area (Å²) in [6.45, 7) is 7.61. The summed E-state index contributed by atoms with van der Waals surface area (Å²) >= 11 is 0. The first-order valence-corrected chi connectivity index (χ1v) is 12.3. The van der Waals surface area contributed by atoms with Crippen molar-refractivity contribution < 1.29 is 9.59 Å². The zero-order valence-corrected chi connectivity index (χ0v) is 20.7. The number of fused-ring (bicyclic) bond motifs is 3. The maximum Gasteiger partial charge on any atom is 0.255 e. The molecule has 3 aromatic rings. The van der Waals surface area contributed by atoms with Gasteiger partial charge in [0, 0.05) is 43.2 Å². The zero-order chi connectivity index (χ0) is 24.9. The normalized spacial score (nSPS) is 21.4. The summed E-state index contributed by atoms with van der Waals surface area (Å²) in [4.78, 5) is 32.4. The summed E-state index contributed by atoms with van der Waals surface area (Å²) in [6.07, 6.45) is 6.17. The van der Waals surface area contributed by atoms with E-state index in [1.54, 1.807) is 30.5 Å². The van der Waals surface area contributed by atoms with Gasteiger partial charge in [0.05, 0.1) is 23.5 Å². The van der Waals surface area contributed by atoms with Crippen molar-refractivity contribution in [1.82, 2.24) is 14.5 Å². The van der Waals surface area contributed by atoms with Crippen LogP contribution >= 0.6 is 0 Å². The molecule has 7 heteroatoms. The number of carbonyl (C=O) groups excluding carboxylic acids is 2. The number of likely N-dealkylation sites (tertiary alicyclic amines) is 1. The van der Waals surface area contributed by atoms with Gasteiger partial charge < -0.3 is 14.8 Å². The lowest BCUT2D eigenvalue weighted by Crippen LogP contribution is -2.45. The molecule has 1 aliphatic heterocycles. The Bertz CT molecular complexity index is 1350. The quantitative estimate of drug-likeness (QED) is 0.604. The van der Waals surface area contributed by atoms with Gasteiger partial charge >= 0.3 is 0 Å². The maximum absolute atomic E-state index is 12.9. The van der Waals surface area contributed by atoms with Gasteiger partial charge in [0.2, 0.25) is 5.91 Å². The fraction of sp³-hybridized carbons (Fsp3) is 0.429. The molecule has 2 bridgehead atoms. The van der Waals surface area contributed by atoms with Gasteiger partial charge in [-0.2, -0.15) is 5.26 Å². The molecule has 2 amide bonds. The molecule has 180 valence electrons. The molecular weight excluding hydrogens is 438 g/mol. The number of carbonyl (C=O) groups is 2. The first-order valence-electron chi connectivity index (χ1n) is 12.3. The number of nitrogens with zero attached hydrogens (tertiary/aromatic N) is 4. The fourth-order valence-corrected chi connectivity index (χ4v) is 6.12. The molecule has 1 aromatic carbocycles. The molecule has 1 aliphatic carbocycles. The van der Waals surface area contributed by atoms with Gasteiger partial charge in [-0.1, -0.05) is 19.9 Å². The molecule has 1 saturated heterocycles. The lowest BCUT2D eigenvalue weighted by molar-refractivity contribution is -0.136. The van der Waals surface area contributed by atoms with Crippen molar-refractivity contribution in [3.63, 3.8) is 0 Å². The predicted octanol–water partition coefficient (Wildman–Crippen LogP) is 4.61. The van der Waals surface area contributed by atoms with E-state index < -0.39 is 0 Å². The van der Waals surface area contributed by atoms with Crippen LogP contribution in [0.25, 0.3) is 11.0 Å². The van der Waals surface area contributed by atoms with Gasteiger partial charge in [-0.15, -0.1) is 0 Å². The van der Waals surface area contributed by atoms with Crippen LogP contribution in [0.5, 0.6) is 0 Å². The summed E-state index contributed by atoms with van der Waals surface area (Å²) in [6, 6.07) is 8.77. The molecule has 2 aliphatic rings. The van der Waals surface area contributed by atoms with E-state index in [9.17, 15) is 9.59 Å². The molecule has 5 rings (SSSR count). The van der Waals surface area contributed by atoms with Crippen LogP contribution in [-0.2, 0) is 11.8 Å². The second-order valence-electron chi connectivity index (χ2n) is 10.4. The van der Waals surface area contributed by atoms with E-state index in [2.05, 4.69) is 27.0 Å². The fourth-order valence-electron chi connectivity index (χ4n) is 6.12. The highest BCUT2D eigenvalue weighted by Gasteiger charge is 2.45. The molecule has 3 heterocycles. The average Bonchev–Trinajstić information content (AvgIpc) is 3.32. The summed E-state index contributed by atoms with van der Waals surface area (Å²) < 4.78 is 2.07. The minimum Gasteiger partial charge on any atom is -0.342 e. The predicted molar refractivity (Wildman–Crippen MR) is 135 cm³/mol. The van der Waals surface area contributed by atoms with Gasteiger partial charge in [0.25, 0.3) is 5.91 Å². The maximum atomic E-state index is 12.9. The topological polar surface area (TPSA) is 91.0 Å². The highest BCUT2D eigenvalue weighted by molar-refractivity contribution is 6.06. The Morgan fingerprint density at radius 3 is 2.57 bits per heavy atom. The van der Waals surface area contributed by atoms with Crippen LogP contribution in [0, 0.1) is 36.0 Å². The number of amides is 2. The van der Waals surface area contributed by atoms with Crippen LogP contribution in [0.15, 0.2) is 36.7 Å². The lowest BCUT2D eigenvalue weighted by Gasteiger charge is -2.39. The van der Waals surface area contributed by atoms with Crippen LogP contribution in [0.2, 0.25) is 0 Å². The monoisotopic (exact) mass is 469 g/mol. The molecule has 1 N–H and O–H groups in total. The summed E-state index contributed by atoms with van der Waals surface area (Å²) in [5, 5.41) is 13.3. The number of nitrogens with one attached hydrogen (secondary N) is 1. The smallest absolute Gasteiger partial charge is 0.255 e. The molecule has 2 aromatic heterocycles. The van der Waals surface area contributed by atoms with Crippen LogP contribution in [0.3, 0.4) is 0 Å². The van der Waals surface area contributed by atoms with Crippen LogP contribution < -0.4 is 5.32 Å². The van der Waals surface area contributed by atoms with Gasteiger partial charge in [0.15, 0.2) is 0 Å². The van der Waals surface area contributed by atoms with E-state index in [0.29, 0.717) is 34.6 Å². The van der Waals surface area contributed by atoms with E-state index in [4.69, 9.17) is 10.2 Å². The summed E-state index contributed by atoms with van der Waals surface area (Å²) in [7, 11) is 2.02. The van der Waals surface area contributed by atoms with Crippen molar-refractivity contribution in [1.29, 1.82) is 5.26 Å². The Morgan fingerprint density at radius 1 is 1.20 bits per heavy atom. The summed E-state index contributed by atoms with van der Waals surface area (Å²) in [5.74, 6) is 1.27. The minimum absolute atomic E-state index is 0.0231. The molecule has 0 radical (unpaired) electrons. The zero-order valence-electron chi connectivity index (χ0n) is 20.7. The number of nitriles is 1. The van der Waals surface area contributed by atoms with Gasteiger partial charge in [-0.3, -0.25) is 9.59 Å². The van der Waals surface area contributed by atoms with E-state index in [1.165, 1.54) is 5.56 Å². The van der Waals surface area contributed by atoms with Crippen LogP contribution in [0.4, 0.5) is 5.69 Å². The lowest BCUT2D eigenvalue weighted by atomic mass is 9.79. The van der Waals surface area contributed by atoms with E-state index in [0.717, 1.165) is 42.5 Å². The van der Waals surface area contributed by atoms with Crippen LogP contribution in [0.1, 0.15) is 59.7 Å². The second-order valence-corrected chi connectivity index (χ2v) is 10.4. The van der Waals surface area contributed by atoms with Crippen molar-refractivity contribution in [2.24, 2.45) is 24.8 Å². The highest BCUT2D eigenvalue weighted by atomic mass is 16.2. The third-order valence-corrected chi connectivity index (χ3v) is 7.77. The highest BCUT2D eigenvalue weighted by Crippen LogP contribution is 2.50. The first kappa shape index (κ1) is 23.1. The number of aromatic nitrogens is 2. The number of pyridine rings is 1. The molecule has 2 fully saturated rings. The molecule has 7 nitrogen and oxygen atoms in total. The Hall–Kier alpha value is -3.66. The number of aryl methyl sites for hydroxylation is 2. The SMILES string of the molecule is Cc1c(NC(=O)c2cccc(C#N)c2)cnc2c1c([C@@H]1[C@@H]3CC[C@H]1CN(C(=O)C(C)C)C3)cn2C. The third kappa shape index (κ3) is 3.97. The van der Waals surface area contributed by atoms with E-state index in [1.807, 2.05) is 27.8 Å². The second kappa shape index (κ2) is 8.84. The number of anilines is 1. The van der Waals surface area contributed by atoms with Gasteiger partial charge in [0.1, 0.15) is 5.65 Å². The Morgan fingerprint density at radius 2 is 1.91 bits per heavy atom. The molecule has 0 spiro atoms. The molecule has 1 saturated carbocycles. The Balaban J connectivity index is 1.48. The first-order chi connectivity index (χ1) is 16.8. The average molecular weight is 470 g/mol. The number of rotatable bonds is 4. The molecule has 3 atom stereocenters. The minimum atomic E-state index is -0.260. The van der Waals surface area contributed by atoms with Gasteiger partial charge in [-0.25, -0.2) is 4.98 Å². The molecule has 35 heavy (non-hydrogen) atoms.